The standard InChI is InChI=1S/C17H20ClN/c1-19-17(11-12-5-4-6-12)15-9-10-16(18)14-8-3-2-7-13(14)15/h2-3,7-10,12,17,19H,4-6,11H2,1H3. The summed E-state index contributed by atoms with van der Waals surface area (Å²) >= 11 is 6.30. The minimum absolute atomic E-state index is 0.437. The van der Waals surface area contributed by atoms with Crippen LogP contribution in [0, 0.1) is 5.92 Å². The van der Waals surface area contributed by atoms with E-state index in [-0.39, 0.29) is 0 Å². The van der Waals surface area contributed by atoms with Gasteiger partial charge in [-0.05, 0) is 36.4 Å². The van der Waals surface area contributed by atoms with E-state index in [4.69, 9.17) is 11.6 Å². The monoisotopic (exact) mass is 273 g/mol. The predicted molar refractivity (Wildman–Crippen MR) is 82.7 cm³/mol. The maximum Gasteiger partial charge on any atom is 0.0484 e. The van der Waals surface area contributed by atoms with Gasteiger partial charge < -0.3 is 5.32 Å². The summed E-state index contributed by atoms with van der Waals surface area (Å²) in [5, 5.41) is 6.78. The molecule has 0 saturated heterocycles. The van der Waals surface area contributed by atoms with Gasteiger partial charge in [0.05, 0.1) is 0 Å². The van der Waals surface area contributed by atoms with Gasteiger partial charge in [0.25, 0.3) is 0 Å². The second-order valence-electron chi connectivity index (χ2n) is 5.56. The van der Waals surface area contributed by atoms with Crippen molar-refractivity contribution >= 4 is 22.4 Å². The molecule has 1 N–H and O–H groups in total. The molecule has 0 heterocycles. The maximum absolute atomic E-state index is 6.30. The summed E-state index contributed by atoms with van der Waals surface area (Å²) in [4.78, 5) is 0. The third-order valence-electron chi connectivity index (χ3n) is 4.42. The van der Waals surface area contributed by atoms with Gasteiger partial charge in [-0.2, -0.15) is 0 Å². The van der Waals surface area contributed by atoms with E-state index in [2.05, 4.69) is 42.7 Å². The molecule has 3 rings (SSSR count). The third kappa shape index (κ3) is 2.50. The van der Waals surface area contributed by atoms with Crippen molar-refractivity contribution in [3.05, 3.63) is 47.0 Å². The van der Waals surface area contributed by atoms with Gasteiger partial charge in [0, 0.05) is 16.5 Å². The minimum Gasteiger partial charge on any atom is -0.313 e. The number of hydrogen-bond donors (Lipinski definition) is 1. The first-order valence-electron chi connectivity index (χ1n) is 7.14. The number of benzene rings is 2. The van der Waals surface area contributed by atoms with E-state index in [1.165, 1.54) is 36.6 Å². The van der Waals surface area contributed by atoms with Gasteiger partial charge in [0.15, 0.2) is 0 Å². The SMILES string of the molecule is CNC(CC1CCC1)c1ccc(Cl)c2ccccc12. The van der Waals surface area contributed by atoms with Crippen molar-refractivity contribution in [3.8, 4) is 0 Å². The third-order valence-corrected chi connectivity index (χ3v) is 4.75. The van der Waals surface area contributed by atoms with E-state index >= 15 is 0 Å². The Bertz CT molecular complexity index is 574. The van der Waals surface area contributed by atoms with E-state index in [9.17, 15) is 0 Å². The largest absolute Gasteiger partial charge is 0.313 e. The molecule has 0 amide bonds. The summed E-state index contributed by atoms with van der Waals surface area (Å²) in [6, 6.07) is 13.1. The highest BCUT2D eigenvalue weighted by atomic mass is 35.5. The van der Waals surface area contributed by atoms with Crippen molar-refractivity contribution in [1.29, 1.82) is 0 Å². The van der Waals surface area contributed by atoms with Crippen molar-refractivity contribution in [2.45, 2.75) is 31.7 Å². The summed E-state index contributed by atoms with van der Waals surface area (Å²) in [6.07, 6.45) is 5.43. The zero-order valence-corrected chi connectivity index (χ0v) is 12.1. The Kier molecular flexibility index (Phi) is 3.76. The van der Waals surface area contributed by atoms with Crippen LogP contribution in [0.25, 0.3) is 10.8 Å². The summed E-state index contributed by atoms with van der Waals surface area (Å²) in [5.41, 5.74) is 1.38. The van der Waals surface area contributed by atoms with Gasteiger partial charge in [0.2, 0.25) is 0 Å². The lowest BCUT2D eigenvalue weighted by molar-refractivity contribution is 0.266. The first-order chi connectivity index (χ1) is 9.29. The van der Waals surface area contributed by atoms with Gasteiger partial charge in [-0.1, -0.05) is 61.2 Å². The van der Waals surface area contributed by atoms with E-state index in [0.29, 0.717) is 6.04 Å². The molecule has 100 valence electrons. The van der Waals surface area contributed by atoms with Crippen LogP contribution in [0.2, 0.25) is 5.02 Å². The van der Waals surface area contributed by atoms with Crippen LogP contribution in [0.15, 0.2) is 36.4 Å². The summed E-state index contributed by atoms with van der Waals surface area (Å²) in [5.74, 6) is 0.895. The molecule has 1 fully saturated rings. The molecule has 1 saturated carbocycles. The Hall–Kier alpha value is -1.05. The zero-order chi connectivity index (χ0) is 13.2. The Labute approximate surface area is 120 Å². The summed E-state index contributed by atoms with van der Waals surface area (Å²) in [7, 11) is 2.06. The smallest absolute Gasteiger partial charge is 0.0484 e. The van der Waals surface area contributed by atoms with Crippen molar-refractivity contribution in [1.82, 2.24) is 5.32 Å². The lowest BCUT2D eigenvalue weighted by atomic mass is 9.79. The number of hydrogen-bond acceptors (Lipinski definition) is 1. The molecular formula is C17H20ClN. The molecule has 0 bridgehead atoms. The van der Waals surface area contributed by atoms with Gasteiger partial charge in [0.1, 0.15) is 0 Å². The Balaban J connectivity index is 2.00. The molecule has 1 atom stereocenters. The molecule has 2 aromatic rings. The molecule has 0 radical (unpaired) electrons. The van der Waals surface area contributed by atoms with Crippen molar-refractivity contribution in [3.63, 3.8) is 0 Å². The van der Waals surface area contributed by atoms with Crippen LogP contribution in [0.4, 0.5) is 0 Å². The quantitative estimate of drug-likeness (QED) is 0.832. The molecular weight excluding hydrogens is 254 g/mol. The van der Waals surface area contributed by atoms with Crippen LogP contribution in [0.5, 0.6) is 0 Å². The Morgan fingerprint density at radius 2 is 1.89 bits per heavy atom. The molecule has 0 spiro atoms. The molecule has 0 aromatic heterocycles. The van der Waals surface area contributed by atoms with Crippen molar-refractivity contribution in [2.24, 2.45) is 5.92 Å². The number of nitrogens with one attached hydrogen (secondary N) is 1. The number of halogens is 1. The average molecular weight is 274 g/mol. The van der Waals surface area contributed by atoms with Gasteiger partial charge in [-0.3, -0.25) is 0 Å². The van der Waals surface area contributed by atoms with Crippen LogP contribution >= 0.6 is 11.6 Å². The van der Waals surface area contributed by atoms with Gasteiger partial charge in [-0.25, -0.2) is 0 Å². The van der Waals surface area contributed by atoms with Gasteiger partial charge >= 0.3 is 0 Å². The van der Waals surface area contributed by atoms with E-state index in [1.54, 1.807) is 0 Å². The molecule has 2 aromatic carbocycles. The second kappa shape index (κ2) is 5.52. The van der Waals surface area contributed by atoms with Crippen LogP contribution in [0.3, 0.4) is 0 Å². The summed E-state index contributed by atoms with van der Waals surface area (Å²) < 4.78 is 0. The van der Waals surface area contributed by atoms with Crippen molar-refractivity contribution in [2.75, 3.05) is 7.05 Å². The fourth-order valence-corrected chi connectivity index (χ4v) is 3.28. The first kappa shape index (κ1) is 13.0. The molecule has 1 nitrogen and oxygen atoms in total. The van der Waals surface area contributed by atoms with Crippen molar-refractivity contribution < 1.29 is 0 Å². The number of rotatable bonds is 4. The predicted octanol–water partition coefficient (Wildman–Crippen LogP) is 4.94. The molecule has 2 heteroatoms. The lowest BCUT2D eigenvalue weighted by Gasteiger charge is -2.30. The summed E-state index contributed by atoms with van der Waals surface area (Å²) in [6.45, 7) is 0. The highest BCUT2D eigenvalue weighted by Gasteiger charge is 2.23. The fourth-order valence-electron chi connectivity index (χ4n) is 3.05. The van der Waals surface area contributed by atoms with E-state index in [1.807, 2.05) is 6.07 Å². The van der Waals surface area contributed by atoms with Gasteiger partial charge in [-0.15, -0.1) is 0 Å². The topological polar surface area (TPSA) is 12.0 Å². The Morgan fingerprint density at radius 3 is 2.53 bits per heavy atom. The lowest BCUT2D eigenvalue weighted by Crippen LogP contribution is -2.23. The molecule has 1 aliphatic rings. The maximum atomic E-state index is 6.30. The van der Waals surface area contributed by atoms with E-state index in [0.717, 1.165) is 16.3 Å². The normalized spacial score (nSPS) is 17.4. The molecule has 0 aliphatic heterocycles. The second-order valence-corrected chi connectivity index (χ2v) is 5.96. The fraction of sp³-hybridized carbons (Fsp3) is 0.412. The van der Waals surface area contributed by atoms with Crippen LogP contribution < -0.4 is 5.32 Å². The van der Waals surface area contributed by atoms with Crippen LogP contribution in [0.1, 0.15) is 37.3 Å². The number of fused-ring (bicyclic) bond motifs is 1. The molecule has 1 aliphatic carbocycles. The van der Waals surface area contributed by atoms with E-state index < -0.39 is 0 Å². The highest BCUT2D eigenvalue weighted by molar-refractivity contribution is 6.35. The van der Waals surface area contributed by atoms with Crippen LogP contribution in [-0.2, 0) is 0 Å². The first-order valence-corrected chi connectivity index (χ1v) is 7.52. The zero-order valence-electron chi connectivity index (χ0n) is 11.3. The Morgan fingerprint density at radius 1 is 1.16 bits per heavy atom. The molecule has 1 unspecified atom stereocenters. The molecule has 19 heavy (non-hydrogen) atoms. The highest BCUT2D eigenvalue weighted by Crippen LogP contribution is 2.37. The minimum atomic E-state index is 0.437. The van der Waals surface area contributed by atoms with Crippen LogP contribution in [-0.4, -0.2) is 7.05 Å². The average Bonchev–Trinajstić information content (AvgIpc) is 2.40.